The summed E-state index contributed by atoms with van der Waals surface area (Å²) in [5, 5.41) is 6.27. The molecule has 0 radical (unpaired) electrons. The van der Waals surface area contributed by atoms with Gasteiger partial charge in [-0.15, -0.1) is 0 Å². The fourth-order valence-corrected chi connectivity index (χ4v) is 2.21. The van der Waals surface area contributed by atoms with Gasteiger partial charge in [-0.2, -0.15) is 11.8 Å². The maximum Gasteiger partial charge on any atom is 0.323 e. The number of nitrogens with zero attached hydrogens (tertiary/aromatic N) is 1. The molecule has 0 saturated heterocycles. The number of aryl methyl sites for hydroxylation is 1. The predicted molar refractivity (Wildman–Crippen MR) is 76.4 cm³/mol. The number of thioether (sulfide) groups is 1. The summed E-state index contributed by atoms with van der Waals surface area (Å²) in [6, 6.07) is 0.989. The van der Waals surface area contributed by atoms with Gasteiger partial charge in [0.05, 0.1) is 6.61 Å². The van der Waals surface area contributed by atoms with E-state index in [0.29, 0.717) is 36.1 Å². The van der Waals surface area contributed by atoms with E-state index in [-0.39, 0.29) is 5.91 Å². The first-order valence-corrected chi connectivity index (χ1v) is 7.41. The molecule has 0 aliphatic carbocycles. The van der Waals surface area contributed by atoms with Crippen LogP contribution in [0.2, 0.25) is 0 Å². The normalized spacial score (nSPS) is 11.9. The van der Waals surface area contributed by atoms with Crippen molar-refractivity contribution in [2.75, 3.05) is 23.4 Å². The molecule has 1 aromatic heterocycles. The van der Waals surface area contributed by atoms with E-state index >= 15 is 0 Å². The van der Waals surface area contributed by atoms with E-state index < -0.39 is 12.0 Å². The summed E-state index contributed by atoms with van der Waals surface area (Å²) in [5.74, 6) is 1.46. The van der Waals surface area contributed by atoms with Gasteiger partial charge in [0.25, 0.3) is 0 Å². The van der Waals surface area contributed by atoms with Gasteiger partial charge in [-0.25, -0.2) is 0 Å². The molecule has 7 nitrogen and oxygen atoms in total. The van der Waals surface area contributed by atoms with Gasteiger partial charge >= 0.3 is 5.97 Å². The molecule has 1 amide bonds. The Morgan fingerprint density at radius 1 is 1.60 bits per heavy atom. The minimum Gasteiger partial charge on any atom is -0.465 e. The number of amides is 1. The number of aromatic nitrogens is 1. The zero-order chi connectivity index (χ0) is 15.0. The average Bonchev–Trinajstić information content (AvgIpc) is 2.80. The first kappa shape index (κ1) is 16.5. The molecule has 1 atom stereocenters. The quantitative estimate of drug-likeness (QED) is 0.543. The number of carbonyl (C=O) groups is 2. The summed E-state index contributed by atoms with van der Waals surface area (Å²) >= 11 is 1.43. The third kappa shape index (κ3) is 6.07. The van der Waals surface area contributed by atoms with Crippen LogP contribution in [0.25, 0.3) is 0 Å². The number of hydrogen-bond acceptors (Lipinski definition) is 7. The molecule has 0 spiro atoms. The fraction of sp³-hybridized carbons (Fsp3) is 0.583. The van der Waals surface area contributed by atoms with Crippen LogP contribution in [0.4, 0.5) is 5.82 Å². The number of hydrogen-bond donors (Lipinski definition) is 2. The monoisotopic (exact) mass is 301 g/mol. The molecule has 0 aromatic carbocycles. The van der Waals surface area contributed by atoms with Gasteiger partial charge in [-0.3, -0.25) is 9.59 Å². The Balaban J connectivity index is 2.14. The summed E-state index contributed by atoms with van der Waals surface area (Å²) in [6.45, 7) is 3.79. The Morgan fingerprint density at radius 2 is 2.35 bits per heavy atom. The molecule has 8 heteroatoms. The minimum atomic E-state index is -0.652. The van der Waals surface area contributed by atoms with E-state index in [9.17, 15) is 9.59 Å². The number of nitrogens with one attached hydrogen (secondary N) is 1. The fourth-order valence-electron chi connectivity index (χ4n) is 1.32. The zero-order valence-corrected chi connectivity index (χ0v) is 12.4. The van der Waals surface area contributed by atoms with Crippen molar-refractivity contribution >= 4 is 29.5 Å². The van der Waals surface area contributed by atoms with Crippen LogP contribution in [0.3, 0.4) is 0 Å². The van der Waals surface area contributed by atoms with Crippen LogP contribution < -0.4 is 11.1 Å². The van der Waals surface area contributed by atoms with Crippen LogP contribution in [0.5, 0.6) is 0 Å². The Hall–Kier alpha value is -1.54. The van der Waals surface area contributed by atoms with Crippen LogP contribution in [-0.4, -0.2) is 41.2 Å². The Labute approximate surface area is 121 Å². The highest BCUT2D eigenvalue weighted by molar-refractivity contribution is 7.99. The van der Waals surface area contributed by atoms with E-state index in [0.717, 1.165) is 0 Å². The lowest BCUT2D eigenvalue weighted by Gasteiger charge is -2.09. The van der Waals surface area contributed by atoms with E-state index in [2.05, 4.69) is 10.5 Å². The zero-order valence-electron chi connectivity index (χ0n) is 11.5. The van der Waals surface area contributed by atoms with E-state index in [4.69, 9.17) is 15.0 Å². The standard InChI is InChI=1S/C12H19N3O4S/c1-3-18-12(17)9(13)7-20-5-4-11(16)14-10-6-8(2)19-15-10/h6,9H,3-5,7,13H2,1-2H3,(H,14,15,16). The first-order chi connectivity index (χ1) is 9.52. The molecule has 1 unspecified atom stereocenters. The number of rotatable bonds is 8. The van der Waals surface area contributed by atoms with Crippen molar-refractivity contribution in [1.82, 2.24) is 5.16 Å². The largest absolute Gasteiger partial charge is 0.465 e. The molecule has 0 fully saturated rings. The second-order valence-corrected chi connectivity index (χ2v) is 5.20. The molecule has 3 N–H and O–H groups in total. The summed E-state index contributed by atoms with van der Waals surface area (Å²) in [5.41, 5.74) is 5.63. The molecule has 20 heavy (non-hydrogen) atoms. The second kappa shape index (κ2) is 8.60. The minimum absolute atomic E-state index is 0.157. The molecule has 1 rings (SSSR count). The van der Waals surface area contributed by atoms with Crippen LogP contribution in [0, 0.1) is 6.92 Å². The van der Waals surface area contributed by atoms with E-state index in [1.54, 1.807) is 19.9 Å². The maximum atomic E-state index is 11.6. The molecule has 0 saturated carbocycles. The van der Waals surface area contributed by atoms with E-state index in [1.807, 2.05) is 0 Å². The van der Waals surface area contributed by atoms with Crippen LogP contribution >= 0.6 is 11.8 Å². The molecular weight excluding hydrogens is 282 g/mol. The van der Waals surface area contributed by atoms with Gasteiger partial charge in [-0.05, 0) is 13.8 Å². The van der Waals surface area contributed by atoms with Crippen molar-refractivity contribution < 1.29 is 18.8 Å². The van der Waals surface area contributed by atoms with Gasteiger partial charge in [0.1, 0.15) is 11.8 Å². The lowest BCUT2D eigenvalue weighted by molar-refractivity contribution is -0.144. The summed E-state index contributed by atoms with van der Waals surface area (Å²) < 4.78 is 9.62. The van der Waals surface area contributed by atoms with Crippen LogP contribution in [0.15, 0.2) is 10.6 Å². The highest BCUT2D eigenvalue weighted by atomic mass is 32.2. The summed E-state index contributed by atoms with van der Waals surface area (Å²) in [7, 11) is 0. The highest BCUT2D eigenvalue weighted by Gasteiger charge is 2.14. The van der Waals surface area contributed by atoms with Gasteiger partial charge < -0.3 is 20.3 Å². The van der Waals surface area contributed by atoms with Crippen LogP contribution in [0.1, 0.15) is 19.1 Å². The van der Waals surface area contributed by atoms with Gasteiger partial charge in [0.15, 0.2) is 5.82 Å². The predicted octanol–water partition coefficient (Wildman–Crippen LogP) is 0.935. The number of anilines is 1. The van der Waals surface area contributed by atoms with Crippen molar-refractivity contribution in [2.45, 2.75) is 26.3 Å². The molecule has 1 heterocycles. The Kier molecular flexibility index (Phi) is 7.10. The molecule has 1 aromatic rings. The smallest absolute Gasteiger partial charge is 0.323 e. The molecule has 0 aliphatic heterocycles. The Bertz CT molecular complexity index is 450. The molecule has 0 aliphatic rings. The summed E-state index contributed by atoms with van der Waals surface area (Å²) in [4.78, 5) is 22.8. The van der Waals surface area contributed by atoms with E-state index in [1.165, 1.54) is 11.8 Å². The number of nitrogens with two attached hydrogens (primary N) is 1. The highest BCUT2D eigenvalue weighted by Crippen LogP contribution is 2.09. The summed E-state index contributed by atoms with van der Waals surface area (Å²) in [6.07, 6.45) is 0.312. The third-order valence-electron chi connectivity index (χ3n) is 2.26. The number of ether oxygens (including phenoxy) is 1. The van der Waals surface area contributed by atoms with Crippen molar-refractivity contribution in [3.05, 3.63) is 11.8 Å². The van der Waals surface area contributed by atoms with Crippen molar-refractivity contribution in [3.8, 4) is 0 Å². The second-order valence-electron chi connectivity index (χ2n) is 4.05. The van der Waals surface area contributed by atoms with Crippen molar-refractivity contribution in [2.24, 2.45) is 5.73 Å². The lowest BCUT2D eigenvalue weighted by atomic mass is 10.4. The molecule has 112 valence electrons. The molecule has 0 bridgehead atoms. The molecular formula is C12H19N3O4S. The van der Waals surface area contributed by atoms with Gasteiger partial charge in [0.2, 0.25) is 5.91 Å². The van der Waals surface area contributed by atoms with Gasteiger partial charge in [-0.1, -0.05) is 5.16 Å². The lowest BCUT2D eigenvalue weighted by Crippen LogP contribution is -2.34. The topological polar surface area (TPSA) is 107 Å². The SMILES string of the molecule is CCOC(=O)C(N)CSCCC(=O)Nc1cc(C)on1. The first-order valence-electron chi connectivity index (χ1n) is 6.26. The number of esters is 1. The Morgan fingerprint density at radius 3 is 2.95 bits per heavy atom. The van der Waals surface area contributed by atoms with Crippen LogP contribution in [-0.2, 0) is 14.3 Å². The van der Waals surface area contributed by atoms with Crippen molar-refractivity contribution in [1.29, 1.82) is 0 Å². The van der Waals surface area contributed by atoms with Gasteiger partial charge in [0, 0.05) is 24.0 Å². The maximum absolute atomic E-state index is 11.6. The average molecular weight is 301 g/mol. The number of carbonyl (C=O) groups excluding carboxylic acids is 2. The van der Waals surface area contributed by atoms with Crippen molar-refractivity contribution in [3.63, 3.8) is 0 Å². The third-order valence-corrected chi connectivity index (χ3v) is 3.34.